The third-order valence-electron chi connectivity index (χ3n) is 5.27. The van der Waals surface area contributed by atoms with E-state index in [9.17, 15) is 4.79 Å². The van der Waals surface area contributed by atoms with Crippen molar-refractivity contribution >= 4 is 5.91 Å². The van der Waals surface area contributed by atoms with E-state index in [-0.39, 0.29) is 11.9 Å². The highest BCUT2D eigenvalue weighted by Gasteiger charge is 2.34. The number of nitrogens with zero attached hydrogens (tertiary/aromatic N) is 4. The zero-order chi connectivity index (χ0) is 17.2. The zero-order valence-electron chi connectivity index (χ0n) is 14.6. The third-order valence-corrected chi connectivity index (χ3v) is 5.27. The molecule has 0 bridgehead atoms. The summed E-state index contributed by atoms with van der Waals surface area (Å²) in [4.78, 5) is 15.0. The van der Waals surface area contributed by atoms with Crippen LogP contribution in [0.15, 0.2) is 24.3 Å². The van der Waals surface area contributed by atoms with Gasteiger partial charge >= 0.3 is 0 Å². The lowest BCUT2D eigenvalue weighted by molar-refractivity contribution is 0.0726. The van der Waals surface area contributed by atoms with Gasteiger partial charge in [-0.05, 0) is 43.9 Å². The van der Waals surface area contributed by atoms with Gasteiger partial charge in [-0.15, -0.1) is 10.2 Å². The van der Waals surface area contributed by atoms with Crippen molar-refractivity contribution in [1.82, 2.24) is 19.7 Å². The number of carbonyl (C=O) groups excluding carboxylic acids is 1. The molecule has 2 aliphatic rings. The summed E-state index contributed by atoms with van der Waals surface area (Å²) in [5.74, 6) is 2.80. The van der Waals surface area contributed by atoms with E-state index < -0.39 is 0 Å². The Labute approximate surface area is 147 Å². The van der Waals surface area contributed by atoms with Gasteiger partial charge in [-0.25, -0.2) is 0 Å². The Morgan fingerprint density at radius 3 is 2.96 bits per heavy atom. The minimum Gasteiger partial charge on any atom is -0.497 e. The number of carbonyl (C=O) groups is 1. The van der Waals surface area contributed by atoms with E-state index in [2.05, 4.69) is 14.8 Å². The molecule has 0 aliphatic carbocycles. The summed E-state index contributed by atoms with van der Waals surface area (Å²) in [6.07, 6.45) is 6.52. The molecule has 4 rings (SSSR count). The van der Waals surface area contributed by atoms with Gasteiger partial charge in [0.2, 0.25) is 0 Å². The molecule has 1 fully saturated rings. The summed E-state index contributed by atoms with van der Waals surface area (Å²) in [6.45, 7) is 1.73. The number of fused-ring (bicyclic) bond motifs is 1. The van der Waals surface area contributed by atoms with Crippen LogP contribution >= 0.6 is 0 Å². The molecule has 2 aromatic rings. The predicted molar refractivity (Wildman–Crippen MR) is 93.6 cm³/mol. The quantitative estimate of drug-likeness (QED) is 0.862. The molecule has 1 aromatic heterocycles. The molecule has 0 N–H and O–H groups in total. The second-order valence-corrected chi connectivity index (χ2v) is 6.83. The average molecular weight is 340 g/mol. The molecule has 25 heavy (non-hydrogen) atoms. The minimum absolute atomic E-state index is 0.0260. The van der Waals surface area contributed by atoms with Crippen LogP contribution in [0.3, 0.4) is 0 Å². The van der Waals surface area contributed by atoms with Crippen LogP contribution in [0, 0.1) is 0 Å². The van der Waals surface area contributed by atoms with Gasteiger partial charge in [-0.3, -0.25) is 4.79 Å². The van der Waals surface area contributed by atoms with Crippen molar-refractivity contribution in [3.63, 3.8) is 0 Å². The Kier molecular flexibility index (Phi) is 4.42. The molecule has 3 heterocycles. The summed E-state index contributed by atoms with van der Waals surface area (Å²) in [5, 5.41) is 8.89. The molecular formula is C19H24N4O2. The number of likely N-dealkylation sites (tertiary alicyclic amines) is 1. The molecule has 6 nitrogen and oxygen atoms in total. The van der Waals surface area contributed by atoms with E-state index >= 15 is 0 Å². The molecule has 2 aliphatic heterocycles. The van der Waals surface area contributed by atoms with Gasteiger partial charge in [-0.1, -0.05) is 12.5 Å². The highest BCUT2D eigenvalue weighted by molar-refractivity contribution is 5.95. The summed E-state index contributed by atoms with van der Waals surface area (Å²) in [5.41, 5.74) is 0.668. The number of methoxy groups -OCH3 is 1. The number of benzene rings is 1. The molecule has 1 atom stereocenters. The highest BCUT2D eigenvalue weighted by Crippen LogP contribution is 2.33. The Morgan fingerprint density at radius 2 is 2.08 bits per heavy atom. The minimum atomic E-state index is 0.0260. The van der Waals surface area contributed by atoms with Crippen LogP contribution in [0.4, 0.5) is 0 Å². The second kappa shape index (κ2) is 6.86. The van der Waals surface area contributed by atoms with Gasteiger partial charge in [0.05, 0.1) is 13.2 Å². The van der Waals surface area contributed by atoms with Gasteiger partial charge in [0, 0.05) is 25.1 Å². The van der Waals surface area contributed by atoms with Crippen LogP contribution < -0.4 is 4.74 Å². The smallest absolute Gasteiger partial charge is 0.254 e. The maximum atomic E-state index is 13.1. The van der Waals surface area contributed by atoms with E-state index in [0.717, 1.165) is 50.4 Å². The summed E-state index contributed by atoms with van der Waals surface area (Å²) >= 11 is 0. The first-order chi connectivity index (χ1) is 12.3. The van der Waals surface area contributed by atoms with Crippen molar-refractivity contribution in [2.24, 2.45) is 0 Å². The standard InChI is InChI=1S/C19H24N4O2/c1-25-15-8-5-7-14(13-15)19(24)22-12-6-9-16(22)18-21-20-17-10-3-2-4-11-23(17)18/h5,7-8,13,16H,2-4,6,9-12H2,1H3. The molecule has 1 saturated heterocycles. The number of aryl methyl sites for hydroxylation is 1. The molecule has 6 heteroatoms. The summed E-state index contributed by atoms with van der Waals surface area (Å²) in [7, 11) is 1.62. The molecule has 1 amide bonds. The first-order valence-corrected chi connectivity index (χ1v) is 9.15. The van der Waals surface area contributed by atoms with Crippen LogP contribution in [0.25, 0.3) is 0 Å². The Hall–Kier alpha value is -2.37. The lowest BCUT2D eigenvalue weighted by atomic mass is 10.1. The van der Waals surface area contributed by atoms with Gasteiger partial charge in [0.1, 0.15) is 11.6 Å². The number of aromatic nitrogens is 3. The van der Waals surface area contributed by atoms with E-state index in [1.165, 1.54) is 12.8 Å². The van der Waals surface area contributed by atoms with Gasteiger partial charge < -0.3 is 14.2 Å². The fourth-order valence-corrected chi connectivity index (χ4v) is 3.95. The molecular weight excluding hydrogens is 316 g/mol. The summed E-state index contributed by atoms with van der Waals surface area (Å²) < 4.78 is 7.52. The Balaban J connectivity index is 1.62. The van der Waals surface area contributed by atoms with E-state index in [1.54, 1.807) is 7.11 Å². The normalized spacial score (nSPS) is 20.2. The Morgan fingerprint density at radius 1 is 1.16 bits per heavy atom. The van der Waals surface area contributed by atoms with Crippen LogP contribution in [0.5, 0.6) is 5.75 Å². The third kappa shape index (κ3) is 3.01. The van der Waals surface area contributed by atoms with E-state index in [0.29, 0.717) is 11.3 Å². The maximum absolute atomic E-state index is 13.1. The van der Waals surface area contributed by atoms with E-state index in [4.69, 9.17) is 4.74 Å². The first kappa shape index (κ1) is 16.1. The van der Waals surface area contributed by atoms with Crippen molar-refractivity contribution in [3.8, 4) is 5.75 Å². The van der Waals surface area contributed by atoms with Gasteiger partial charge in [0.15, 0.2) is 5.82 Å². The number of amides is 1. The van der Waals surface area contributed by atoms with Crippen LogP contribution in [-0.4, -0.2) is 39.2 Å². The van der Waals surface area contributed by atoms with Crippen LogP contribution in [0.1, 0.15) is 60.2 Å². The fraction of sp³-hybridized carbons (Fsp3) is 0.526. The Bertz CT molecular complexity index is 771. The SMILES string of the molecule is COc1cccc(C(=O)N2CCCC2c2nnc3n2CCCCC3)c1. The predicted octanol–water partition coefficient (Wildman–Crippen LogP) is 2.99. The van der Waals surface area contributed by atoms with Crippen molar-refractivity contribution in [2.45, 2.75) is 51.1 Å². The van der Waals surface area contributed by atoms with E-state index in [1.807, 2.05) is 29.2 Å². The molecule has 132 valence electrons. The lowest BCUT2D eigenvalue weighted by Gasteiger charge is -2.25. The monoisotopic (exact) mass is 340 g/mol. The molecule has 1 aromatic carbocycles. The van der Waals surface area contributed by atoms with Crippen molar-refractivity contribution in [2.75, 3.05) is 13.7 Å². The number of rotatable bonds is 3. The second-order valence-electron chi connectivity index (χ2n) is 6.83. The fourth-order valence-electron chi connectivity index (χ4n) is 3.95. The first-order valence-electron chi connectivity index (χ1n) is 9.15. The highest BCUT2D eigenvalue weighted by atomic mass is 16.5. The molecule has 0 spiro atoms. The van der Waals surface area contributed by atoms with Crippen molar-refractivity contribution < 1.29 is 9.53 Å². The molecule has 0 saturated carbocycles. The van der Waals surface area contributed by atoms with Gasteiger partial charge in [-0.2, -0.15) is 0 Å². The van der Waals surface area contributed by atoms with Gasteiger partial charge in [0.25, 0.3) is 5.91 Å². The van der Waals surface area contributed by atoms with Crippen molar-refractivity contribution in [1.29, 1.82) is 0 Å². The topological polar surface area (TPSA) is 60.2 Å². The lowest BCUT2D eigenvalue weighted by Crippen LogP contribution is -2.32. The molecule has 1 unspecified atom stereocenters. The average Bonchev–Trinajstić information content (AvgIpc) is 3.22. The number of hydrogen-bond donors (Lipinski definition) is 0. The number of ether oxygens (including phenoxy) is 1. The van der Waals surface area contributed by atoms with Crippen LogP contribution in [-0.2, 0) is 13.0 Å². The number of hydrogen-bond acceptors (Lipinski definition) is 4. The largest absolute Gasteiger partial charge is 0.497 e. The summed E-state index contributed by atoms with van der Waals surface area (Å²) in [6, 6.07) is 7.40. The van der Waals surface area contributed by atoms with Crippen LogP contribution in [0.2, 0.25) is 0 Å². The maximum Gasteiger partial charge on any atom is 0.254 e. The molecule has 0 radical (unpaired) electrons. The van der Waals surface area contributed by atoms with Crippen molar-refractivity contribution in [3.05, 3.63) is 41.5 Å². The zero-order valence-corrected chi connectivity index (χ0v) is 14.6.